The Balaban J connectivity index is 1.37. The summed E-state index contributed by atoms with van der Waals surface area (Å²) in [6, 6.07) is -0.102. The lowest BCUT2D eigenvalue weighted by molar-refractivity contribution is -0.134. The van der Waals surface area contributed by atoms with E-state index >= 15 is 0 Å². The van der Waals surface area contributed by atoms with Crippen LogP contribution >= 0.6 is 0 Å². The number of carbonyl (C=O) groups is 2. The molecule has 3 N–H and O–H groups in total. The molecule has 0 bridgehead atoms. The molecule has 2 amide bonds. The zero-order valence-corrected chi connectivity index (χ0v) is 16.0. The second-order valence-electron chi connectivity index (χ2n) is 7.88. The van der Waals surface area contributed by atoms with Crippen molar-refractivity contribution in [1.82, 2.24) is 15.1 Å². The van der Waals surface area contributed by atoms with Crippen LogP contribution in [-0.2, 0) is 19.4 Å². The Hall–Kier alpha value is -1.19. The average molecular weight is 387 g/mol. The van der Waals surface area contributed by atoms with Crippen molar-refractivity contribution < 1.29 is 18.0 Å². The number of hydrogen-bond donors (Lipinski definition) is 2. The van der Waals surface area contributed by atoms with Crippen molar-refractivity contribution >= 4 is 21.7 Å². The molecule has 3 fully saturated rings. The van der Waals surface area contributed by atoms with Crippen LogP contribution in [0.5, 0.6) is 0 Å². The van der Waals surface area contributed by atoms with Crippen molar-refractivity contribution in [2.75, 3.05) is 44.2 Å². The predicted octanol–water partition coefficient (Wildman–Crippen LogP) is -1.05. The normalized spacial score (nSPS) is 31.9. The van der Waals surface area contributed by atoms with Crippen LogP contribution < -0.4 is 11.1 Å². The van der Waals surface area contributed by atoms with Gasteiger partial charge in [-0.1, -0.05) is 6.42 Å². The fourth-order valence-electron chi connectivity index (χ4n) is 4.21. The number of piperazine rings is 1. The fourth-order valence-corrected chi connectivity index (χ4v) is 5.89. The van der Waals surface area contributed by atoms with Gasteiger partial charge in [-0.05, 0) is 25.2 Å². The molecule has 2 aliphatic heterocycles. The molecule has 2 saturated heterocycles. The zero-order valence-electron chi connectivity index (χ0n) is 15.2. The largest absolute Gasteiger partial charge is 0.351 e. The molecular weight excluding hydrogens is 356 g/mol. The Morgan fingerprint density at radius 1 is 1.08 bits per heavy atom. The SMILES string of the molecule is N[C@@H]1CCC[C@H]1CC(=O)N1CCN(CC(=O)NC2CCS(=O)(=O)C2)CC1. The molecule has 0 aromatic heterocycles. The number of sulfone groups is 1. The second-order valence-corrected chi connectivity index (χ2v) is 10.1. The van der Waals surface area contributed by atoms with Crippen molar-refractivity contribution in [1.29, 1.82) is 0 Å². The first-order chi connectivity index (χ1) is 12.3. The van der Waals surface area contributed by atoms with E-state index in [4.69, 9.17) is 5.73 Å². The summed E-state index contributed by atoms with van der Waals surface area (Å²) in [4.78, 5) is 28.4. The summed E-state index contributed by atoms with van der Waals surface area (Å²) in [6.45, 7) is 2.85. The Bertz CT molecular complexity index is 631. The van der Waals surface area contributed by atoms with Gasteiger partial charge in [-0.25, -0.2) is 8.42 Å². The Morgan fingerprint density at radius 2 is 1.81 bits per heavy atom. The van der Waals surface area contributed by atoms with E-state index in [1.807, 2.05) is 9.80 Å². The number of nitrogens with one attached hydrogen (secondary N) is 1. The van der Waals surface area contributed by atoms with Crippen molar-refractivity contribution in [2.24, 2.45) is 11.7 Å². The fraction of sp³-hybridized carbons (Fsp3) is 0.882. The molecule has 2 heterocycles. The smallest absolute Gasteiger partial charge is 0.234 e. The molecule has 26 heavy (non-hydrogen) atoms. The van der Waals surface area contributed by atoms with Gasteiger partial charge in [-0.15, -0.1) is 0 Å². The summed E-state index contributed by atoms with van der Waals surface area (Å²) in [5.74, 6) is 0.554. The third kappa shape index (κ3) is 5.17. The molecule has 3 rings (SSSR count). The highest BCUT2D eigenvalue weighted by atomic mass is 32.2. The van der Waals surface area contributed by atoms with Gasteiger partial charge in [0.1, 0.15) is 0 Å². The average Bonchev–Trinajstić information content (AvgIpc) is 3.13. The van der Waals surface area contributed by atoms with E-state index in [9.17, 15) is 18.0 Å². The predicted molar refractivity (Wildman–Crippen MR) is 98.2 cm³/mol. The van der Waals surface area contributed by atoms with Gasteiger partial charge in [0.2, 0.25) is 11.8 Å². The molecule has 8 nitrogen and oxygen atoms in total. The van der Waals surface area contributed by atoms with E-state index in [-0.39, 0.29) is 41.9 Å². The lowest BCUT2D eigenvalue weighted by Gasteiger charge is -2.35. The van der Waals surface area contributed by atoms with Crippen molar-refractivity contribution in [3.05, 3.63) is 0 Å². The molecular formula is C17H30N4O4S. The van der Waals surface area contributed by atoms with Crippen LogP contribution in [0.4, 0.5) is 0 Å². The van der Waals surface area contributed by atoms with E-state index in [1.54, 1.807) is 0 Å². The number of rotatable bonds is 5. The van der Waals surface area contributed by atoms with Gasteiger partial charge in [-0.3, -0.25) is 14.5 Å². The van der Waals surface area contributed by atoms with Crippen LogP contribution in [0.15, 0.2) is 0 Å². The van der Waals surface area contributed by atoms with Gasteiger partial charge >= 0.3 is 0 Å². The second kappa shape index (κ2) is 8.22. The first-order valence-electron chi connectivity index (χ1n) is 9.58. The molecule has 148 valence electrons. The van der Waals surface area contributed by atoms with E-state index in [0.29, 0.717) is 44.9 Å². The Morgan fingerprint density at radius 3 is 2.38 bits per heavy atom. The van der Waals surface area contributed by atoms with E-state index < -0.39 is 9.84 Å². The molecule has 3 atom stereocenters. The maximum absolute atomic E-state index is 12.4. The minimum Gasteiger partial charge on any atom is -0.351 e. The quantitative estimate of drug-likeness (QED) is 0.624. The van der Waals surface area contributed by atoms with Crippen molar-refractivity contribution in [3.63, 3.8) is 0 Å². The summed E-state index contributed by atoms with van der Waals surface area (Å²) in [7, 11) is -2.99. The number of nitrogens with zero attached hydrogens (tertiary/aromatic N) is 2. The Labute approximate surface area is 155 Å². The van der Waals surface area contributed by atoms with Gasteiger partial charge in [-0.2, -0.15) is 0 Å². The van der Waals surface area contributed by atoms with Gasteiger partial charge in [0.25, 0.3) is 0 Å². The lowest BCUT2D eigenvalue weighted by Crippen LogP contribution is -2.52. The first kappa shape index (κ1) is 19.6. The number of hydrogen-bond acceptors (Lipinski definition) is 6. The van der Waals surface area contributed by atoms with Crippen LogP contribution in [0.1, 0.15) is 32.1 Å². The standard InChI is InChI=1S/C17H30N4O4S/c18-15-3-1-2-13(15)10-17(23)21-7-5-20(6-8-21)11-16(22)19-14-4-9-26(24,25)12-14/h13-15H,1-12,18H2,(H,19,22)/t13-,14?,15+/m0/s1. The maximum atomic E-state index is 12.4. The third-order valence-electron chi connectivity index (χ3n) is 5.84. The highest BCUT2D eigenvalue weighted by molar-refractivity contribution is 7.91. The number of nitrogens with two attached hydrogens (primary N) is 1. The zero-order chi connectivity index (χ0) is 18.7. The van der Waals surface area contributed by atoms with Crippen molar-refractivity contribution in [2.45, 2.75) is 44.2 Å². The summed E-state index contributed by atoms with van der Waals surface area (Å²) < 4.78 is 22.9. The van der Waals surface area contributed by atoms with Crippen LogP contribution in [0.2, 0.25) is 0 Å². The van der Waals surface area contributed by atoms with Crippen LogP contribution in [0.25, 0.3) is 0 Å². The van der Waals surface area contributed by atoms with Gasteiger partial charge in [0.15, 0.2) is 9.84 Å². The molecule has 3 aliphatic rings. The minimum absolute atomic E-state index is 0.0460. The minimum atomic E-state index is -2.99. The summed E-state index contributed by atoms with van der Waals surface area (Å²) in [5.41, 5.74) is 6.06. The summed E-state index contributed by atoms with van der Waals surface area (Å²) >= 11 is 0. The van der Waals surface area contributed by atoms with Gasteiger partial charge in [0, 0.05) is 44.7 Å². The van der Waals surface area contributed by atoms with Crippen LogP contribution in [0, 0.1) is 5.92 Å². The molecule has 0 radical (unpaired) electrons. The monoisotopic (exact) mass is 386 g/mol. The topological polar surface area (TPSA) is 113 Å². The molecule has 0 aromatic carbocycles. The molecule has 1 saturated carbocycles. The highest BCUT2D eigenvalue weighted by Crippen LogP contribution is 2.27. The van der Waals surface area contributed by atoms with Crippen LogP contribution in [0.3, 0.4) is 0 Å². The highest BCUT2D eigenvalue weighted by Gasteiger charge is 2.31. The third-order valence-corrected chi connectivity index (χ3v) is 7.61. The number of carbonyl (C=O) groups excluding carboxylic acids is 2. The van der Waals surface area contributed by atoms with Gasteiger partial charge in [0.05, 0.1) is 18.1 Å². The van der Waals surface area contributed by atoms with Gasteiger partial charge < -0.3 is 16.0 Å². The molecule has 1 aliphatic carbocycles. The maximum Gasteiger partial charge on any atom is 0.234 e. The Kier molecular flexibility index (Phi) is 6.19. The lowest BCUT2D eigenvalue weighted by atomic mass is 9.99. The molecule has 1 unspecified atom stereocenters. The first-order valence-corrected chi connectivity index (χ1v) is 11.4. The number of amides is 2. The molecule has 0 aromatic rings. The summed E-state index contributed by atoms with van der Waals surface area (Å²) in [6.07, 6.45) is 4.22. The summed E-state index contributed by atoms with van der Waals surface area (Å²) in [5, 5.41) is 2.81. The van der Waals surface area contributed by atoms with E-state index in [2.05, 4.69) is 5.32 Å². The van der Waals surface area contributed by atoms with Crippen LogP contribution in [-0.4, -0.2) is 86.3 Å². The van der Waals surface area contributed by atoms with E-state index in [1.165, 1.54) is 0 Å². The molecule has 0 spiro atoms. The van der Waals surface area contributed by atoms with E-state index in [0.717, 1.165) is 19.3 Å². The van der Waals surface area contributed by atoms with Crippen molar-refractivity contribution in [3.8, 4) is 0 Å². The molecule has 9 heteroatoms.